The van der Waals surface area contributed by atoms with Gasteiger partial charge in [-0.3, -0.25) is 4.90 Å². The minimum atomic E-state index is -0.525. The fraction of sp³-hybridized carbons (Fsp3) is 0.846. The van der Waals surface area contributed by atoms with E-state index in [4.69, 9.17) is 4.74 Å². The lowest BCUT2D eigenvalue weighted by atomic mass is 10.1. The van der Waals surface area contributed by atoms with E-state index in [1.165, 1.54) is 4.90 Å². The van der Waals surface area contributed by atoms with Crippen LogP contribution in [-0.4, -0.2) is 35.5 Å². The molecule has 0 N–H and O–H groups in total. The van der Waals surface area contributed by atoms with Crippen LogP contribution in [0.5, 0.6) is 0 Å². The van der Waals surface area contributed by atoms with E-state index in [2.05, 4.69) is 0 Å². The molecule has 0 aliphatic carbocycles. The van der Waals surface area contributed by atoms with Gasteiger partial charge in [-0.25, -0.2) is 4.79 Å². The van der Waals surface area contributed by atoms with Crippen molar-refractivity contribution in [3.05, 3.63) is 0 Å². The molecule has 0 saturated carbocycles. The number of amides is 1. The summed E-state index contributed by atoms with van der Waals surface area (Å²) < 4.78 is 5.31. The molecule has 0 aromatic heterocycles. The van der Waals surface area contributed by atoms with Gasteiger partial charge in [0.2, 0.25) is 0 Å². The Balaban J connectivity index is 4.69. The lowest BCUT2D eigenvalue weighted by molar-refractivity contribution is -0.112. The smallest absolute Gasteiger partial charge is 0.410 e. The van der Waals surface area contributed by atoms with Crippen molar-refractivity contribution in [3.63, 3.8) is 0 Å². The maximum absolute atomic E-state index is 12.0. The van der Waals surface area contributed by atoms with E-state index >= 15 is 0 Å². The van der Waals surface area contributed by atoms with Crippen molar-refractivity contribution in [1.29, 1.82) is 0 Å². The molecule has 17 heavy (non-hydrogen) atoms. The predicted octanol–water partition coefficient (Wildman–Crippen LogP) is 3.00. The maximum atomic E-state index is 12.0. The van der Waals surface area contributed by atoms with Gasteiger partial charge >= 0.3 is 6.09 Å². The van der Waals surface area contributed by atoms with Gasteiger partial charge in [0, 0.05) is 6.54 Å². The lowest BCUT2D eigenvalue weighted by Gasteiger charge is -2.30. The van der Waals surface area contributed by atoms with E-state index in [9.17, 15) is 9.59 Å². The van der Waals surface area contributed by atoms with Gasteiger partial charge in [-0.1, -0.05) is 20.3 Å². The summed E-state index contributed by atoms with van der Waals surface area (Å²) in [6, 6.07) is -0.366. The van der Waals surface area contributed by atoms with E-state index in [0.717, 1.165) is 19.1 Å². The highest BCUT2D eigenvalue weighted by Crippen LogP contribution is 2.14. The van der Waals surface area contributed by atoms with Gasteiger partial charge in [0.1, 0.15) is 11.9 Å². The van der Waals surface area contributed by atoms with Crippen molar-refractivity contribution in [3.8, 4) is 0 Å². The number of hydrogen-bond donors (Lipinski definition) is 0. The normalized spacial score (nSPS) is 13.0. The Morgan fingerprint density at radius 2 is 1.88 bits per heavy atom. The molecule has 0 heterocycles. The van der Waals surface area contributed by atoms with E-state index in [-0.39, 0.29) is 6.04 Å². The highest BCUT2D eigenvalue weighted by Gasteiger charge is 2.26. The first-order chi connectivity index (χ1) is 7.85. The minimum absolute atomic E-state index is 0.366. The van der Waals surface area contributed by atoms with Crippen molar-refractivity contribution in [2.24, 2.45) is 0 Å². The van der Waals surface area contributed by atoms with Crippen molar-refractivity contribution in [2.45, 2.75) is 65.5 Å². The fourth-order valence-corrected chi connectivity index (χ4v) is 1.55. The third-order valence-electron chi connectivity index (χ3n) is 2.23. The molecule has 0 spiro atoms. The highest BCUT2D eigenvalue weighted by atomic mass is 16.6. The number of carbonyl (C=O) groups is 2. The summed E-state index contributed by atoms with van der Waals surface area (Å²) in [6.07, 6.45) is 2.80. The van der Waals surface area contributed by atoms with E-state index in [1.54, 1.807) is 0 Å². The number of aldehydes is 1. The second kappa shape index (κ2) is 7.30. The van der Waals surface area contributed by atoms with Crippen LogP contribution in [0, 0.1) is 0 Å². The molecule has 0 aliphatic heterocycles. The predicted molar refractivity (Wildman–Crippen MR) is 68.0 cm³/mol. The van der Waals surface area contributed by atoms with Gasteiger partial charge in [0.25, 0.3) is 0 Å². The Labute approximate surface area is 104 Å². The first kappa shape index (κ1) is 15.9. The summed E-state index contributed by atoms with van der Waals surface area (Å²) in [7, 11) is 0. The van der Waals surface area contributed by atoms with Gasteiger partial charge in [-0.15, -0.1) is 0 Å². The summed E-state index contributed by atoms with van der Waals surface area (Å²) in [5.41, 5.74) is -0.525. The van der Waals surface area contributed by atoms with Crippen LogP contribution in [0.3, 0.4) is 0 Å². The molecule has 0 radical (unpaired) electrons. The molecule has 4 heteroatoms. The molecule has 1 atom stereocenters. The Hall–Kier alpha value is -1.06. The van der Waals surface area contributed by atoms with Crippen LogP contribution in [0.15, 0.2) is 0 Å². The Morgan fingerprint density at radius 3 is 2.24 bits per heavy atom. The lowest BCUT2D eigenvalue weighted by Crippen LogP contribution is -2.44. The average Bonchev–Trinajstić information content (AvgIpc) is 2.20. The largest absolute Gasteiger partial charge is 0.444 e. The van der Waals surface area contributed by atoms with Crippen molar-refractivity contribution >= 4 is 12.4 Å². The van der Waals surface area contributed by atoms with Crippen LogP contribution in [0.4, 0.5) is 4.79 Å². The highest BCUT2D eigenvalue weighted by molar-refractivity contribution is 5.73. The molecule has 0 saturated heterocycles. The molecule has 0 aromatic carbocycles. The van der Waals surface area contributed by atoms with Crippen LogP contribution < -0.4 is 0 Å². The van der Waals surface area contributed by atoms with Crippen LogP contribution in [0.2, 0.25) is 0 Å². The third kappa shape index (κ3) is 6.29. The van der Waals surface area contributed by atoms with Gasteiger partial charge in [0.05, 0.1) is 6.04 Å². The minimum Gasteiger partial charge on any atom is -0.444 e. The SMILES string of the molecule is CCCC(C=O)N(CCC)C(=O)OC(C)(C)C. The van der Waals surface area contributed by atoms with E-state index in [1.807, 2.05) is 34.6 Å². The molecular formula is C13H25NO3. The summed E-state index contributed by atoms with van der Waals surface area (Å²) in [5, 5.41) is 0. The van der Waals surface area contributed by atoms with Crippen LogP contribution in [0.1, 0.15) is 53.9 Å². The zero-order valence-corrected chi connectivity index (χ0v) is 11.7. The van der Waals surface area contributed by atoms with Gasteiger partial charge in [-0.2, -0.15) is 0 Å². The first-order valence-corrected chi connectivity index (χ1v) is 6.30. The third-order valence-corrected chi connectivity index (χ3v) is 2.23. The van der Waals surface area contributed by atoms with Gasteiger partial charge in [-0.05, 0) is 33.6 Å². The van der Waals surface area contributed by atoms with Crippen LogP contribution in [0.25, 0.3) is 0 Å². The molecule has 0 rings (SSSR count). The summed E-state index contributed by atoms with van der Waals surface area (Å²) in [5.74, 6) is 0. The van der Waals surface area contributed by atoms with Crippen molar-refractivity contribution < 1.29 is 14.3 Å². The van der Waals surface area contributed by atoms with Crippen LogP contribution >= 0.6 is 0 Å². The molecule has 0 aliphatic rings. The molecule has 0 bridgehead atoms. The maximum Gasteiger partial charge on any atom is 0.410 e. The molecule has 4 nitrogen and oxygen atoms in total. The molecule has 1 amide bonds. The Kier molecular flexibility index (Phi) is 6.85. The average molecular weight is 243 g/mol. The molecule has 100 valence electrons. The molecule has 0 fully saturated rings. The molecule has 1 unspecified atom stereocenters. The van der Waals surface area contributed by atoms with Gasteiger partial charge < -0.3 is 9.53 Å². The second-order valence-corrected chi connectivity index (χ2v) is 5.17. The number of ether oxygens (including phenoxy) is 1. The topological polar surface area (TPSA) is 46.6 Å². The first-order valence-electron chi connectivity index (χ1n) is 6.30. The quantitative estimate of drug-likeness (QED) is 0.674. The standard InChI is InChI=1S/C13H25NO3/c1-6-8-11(10-15)14(9-7-2)12(16)17-13(3,4)5/h10-11H,6-9H2,1-5H3. The summed E-state index contributed by atoms with van der Waals surface area (Å²) in [4.78, 5) is 24.5. The van der Waals surface area contributed by atoms with Gasteiger partial charge in [0.15, 0.2) is 0 Å². The second-order valence-electron chi connectivity index (χ2n) is 5.17. The van der Waals surface area contributed by atoms with Crippen LogP contribution in [-0.2, 0) is 9.53 Å². The monoisotopic (exact) mass is 243 g/mol. The fourth-order valence-electron chi connectivity index (χ4n) is 1.55. The number of hydrogen-bond acceptors (Lipinski definition) is 3. The molecular weight excluding hydrogens is 218 g/mol. The van der Waals surface area contributed by atoms with Crippen molar-refractivity contribution in [1.82, 2.24) is 4.90 Å². The van der Waals surface area contributed by atoms with E-state index < -0.39 is 11.7 Å². The number of carbonyl (C=O) groups excluding carboxylic acids is 2. The number of nitrogens with zero attached hydrogens (tertiary/aromatic N) is 1. The summed E-state index contributed by atoms with van der Waals surface area (Å²) >= 11 is 0. The Morgan fingerprint density at radius 1 is 1.29 bits per heavy atom. The van der Waals surface area contributed by atoms with Crippen molar-refractivity contribution in [2.75, 3.05) is 6.54 Å². The molecule has 0 aromatic rings. The zero-order chi connectivity index (χ0) is 13.5. The van der Waals surface area contributed by atoms with E-state index in [0.29, 0.717) is 13.0 Å². The Bertz CT molecular complexity index is 246. The zero-order valence-electron chi connectivity index (χ0n) is 11.7. The number of rotatable bonds is 6. The summed E-state index contributed by atoms with van der Waals surface area (Å²) in [6.45, 7) is 10.00.